The van der Waals surface area contributed by atoms with Crippen LogP contribution in [0.25, 0.3) is 11.1 Å². The number of aryl methyl sites for hydroxylation is 1. The molecule has 10 heteroatoms. The number of rotatable bonds is 11. The van der Waals surface area contributed by atoms with Crippen LogP contribution >= 0.6 is 0 Å². The number of hydrogen-bond donors (Lipinski definition) is 3. The first-order valence-corrected chi connectivity index (χ1v) is 15.2. The minimum atomic E-state index is -0.608. The van der Waals surface area contributed by atoms with Gasteiger partial charge in [-0.1, -0.05) is 26.8 Å². The SMILES string of the molecule is CCN1CCCC1CNC(=O)C(Nc1ccc2c(cc1=O)C(NC(C)=O)CCc1cc(OC)c(OC)c(OC)c1-2)C(C)C. The maximum Gasteiger partial charge on any atom is 0.242 e. The number of anilines is 1. The molecular weight excluding hydrogens is 548 g/mol. The van der Waals surface area contributed by atoms with Crippen LogP contribution in [0.3, 0.4) is 0 Å². The molecule has 1 aliphatic heterocycles. The molecule has 2 aromatic rings. The molecule has 43 heavy (non-hydrogen) atoms. The van der Waals surface area contributed by atoms with Crippen molar-refractivity contribution in [3.05, 3.63) is 45.6 Å². The Morgan fingerprint density at radius 3 is 2.42 bits per heavy atom. The summed E-state index contributed by atoms with van der Waals surface area (Å²) in [5.74, 6) is 1.07. The summed E-state index contributed by atoms with van der Waals surface area (Å²) in [7, 11) is 4.70. The van der Waals surface area contributed by atoms with E-state index in [0.717, 1.165) is 42.6 Å². The zero-order valence-corrected chi connectivity index (χ0v) is 26.5. The molecule has 0 radical (unpaired) electrons. The third-order valence-corrected chi connectivity index (χ3v) is 8.59. The zero-order chi connectivity index (χ0) is 31.3. The van der Waals surface area contributed by atoms with Crippen molar-refractivity contribution in [1.29, 1.82) is 0 Å². The van der Waals surface area contributed by atoms with Crippen LogP contribution in [-0.4, -0.2) is 69.8 Å². The molecule has 3 N–H and O–H groups in total. The largest absolute Gasteiger partial charge is 0.493 e. The summed E-state index contributed by atoms with van der Waals surface area (Å²) in [5, 5.41) is 9.41. The van der Waals surface area contributed by atoms with Gasteiger partial charge in [0.1, 0.15) is 6.04 Å². The van der Waals surface area contributed by atoms with Gasteiger partial charge in [0.2, 0.25) is 23.0 Å². The third kappa shape index (κ3) is 6.90. The predicted molar refractivity (Wildman–Crippen MR) is 168 cm³/mol. The predicted octanol–water partition coefficient (Wildman–Crippen LogP) is 3.90. The zero-order valence-electron chi connectivity index (χ0n) is 26.5. The summed E-state index contributed by atoms with van der Waals surface area (Å²) in [6.07, 6.45) is 3.38. The summed E-state index contributed by atoms with van der Waals surface area (Å²) >= 11 is 0. The van der Waals surface area contributed by atoms with Crippen LogP contribution in [0, 0.1) is 5.92 Å². The lowest BCUT2D eigenvalue weighted by molar-refractivity contribution is -0.123. The fourth-order valence-corrected chi connectivity index (χ4v) is 6.40. The number of carbonyl (C=O) groups excluding carboxylic acids is 2. The van der Waals surface area contributed by atoms with Crippen molar-refractivity contribution in [2.75, 3.05) is 46.3 Å². The molecular formula is C33H46N4O6. The molecule has 3 unspecified atom stereocenters. The highest BCUT2D eigenvalue weighted by atomic mass is 16.5. The van der Waals surface area contributed by atoms with E-state index in [0.29, 0.717) is 53.9 Å². The minimum Gasteiger partial charge on any atom is -0.493 e. The first kappa shape index (κ1) is 32.1. The first-order chi connectivity index (χ1) is 20.6. The van der Waals surface area contributed by atoms with Crippen molar-refractivity contribution < 1.29 is 23.8 Å². The van der Waals surface area contributed by atoms with Gasteiger partial charge in [0.05, 0.1) is 33.1 Å². The normalized spacial score (nSPS) is 18.6. The lowest BCUT2D eigenvalue weighted by Gasteiger charge is -2.26. The number of fused-ring (bicyclic) bond motifs is 3. The van der Waals surface area contributed by atoms with E-state index >= 15 is 0 Å². The molecule has 234 valence electrons. The second kappa shape index (κ2) is 14.1. The lowest BCUT2D eigenvalue weighted by Crippen LogP contribution is -2.47. The summed E-state index contributed by atoms with van der Waals surface area (Å²) < 4.78 is 17.1. The van der Waals surface area contributed by atoms with Gasteiger partial charge in [-0.05, 0) is 79.6 Å². The Labute approximate surface area is 254 Å². The van der Waals surface area contributed by atoms with Gasteiger partial charge >= 0.3 is 0 Å². The van der Waals surface area contributed by atoms with E-state index in [1.165, 1.54) is 6.92 Å². The molecule has 1 saturated heterocycles. The molecule has 0 saturated carbocycles. The smallest absolute Gasteiger partial charge is 0.242 e. The highest BCUT2D eigenvalue weighted by Gasteiger charge is 2.31. The van der Waals surface area contributed by atoms with Crippen LogP contribution in [-0.2, 0) is 16.0 Å². The maximum absolute atomic E-state index is 13.8. The Kier molecular flexibility index (Phi) is 10.6. The number of hydrogen-bond acceptors (Lipinski definition) is 8. The number of methoxy groups -OCH3 is 3. The molecule has 2 aliphatic rings. The standard InChI is InChI=1S/C33H46N4O6/c1-8-37-15-9-10-22(37)18-34-33(40)30(19(2)3)36-26-14-12-23-24(17-27(26)39)25(35-20(4)38)13-11-21-16-28(41-5)31(42-6)32(43-7)29(21)23/h12,14,16-17,19,22,25,30H,8-11,13,15,18H2,1-7H3,(H,34,40)(H,35,38)(H,36,39). The molecule has 10 nitrogen and oxygen atoms in total. The van der Waals surface area contributed by atoms with Gasteiger partial charge in [0.25, 0.3) is 0 Å². The van der Waals surface area contributed by atoms with E-state index < -0.39 is 12.1 Å². The Hall–Kier alpha value is -3.79. The molecule has 1 heterocycles. The number of nitrogens with one attached hydrogen (secondary N) is 3. The fourth-order valence-electron chi connectivity index (χ4n) is 6.40. The Morgan fingerprint density at radius 2 is 1.79 bits per heavy atom. The van der Waals surface area contributed by atoms with Crippen molar-refractivity contribution >= 4 is 17.5 Å². The third-order valence-electron chi connectivity index (χ3n) is 8.59. The van der Waals surface area contributed by atoms with Crippen molar-refractivity contribution in [2.45, 2.75) is 71.5 Å². The topological polar surface area (TPSA) is 118 Å². The molecule has 1 fully saturated rings. The fraction of sp³-hybridized carbons (Fsp3) is 0.545. The van der Waals surface area contributed by atoms with Crippen LogP contribution < -0.4 is 35.6 Å². The molecule has 2 aromatic carbocycles. The number of likely N-dealkylation sites (N-methyl/N-ethyl adjacent to an activating group) is 1. The number of benzene rings is 1. The van der Waals surface area contributed by atoms with E-state index in [1.807, 2.05) is 26.0 Å². The van der Waals surface area contributed by atoms with Crippen LogP contribution in [0.1, 0.15) is 64.1 Å². The highest BCUT2D eigenvalue weighted by Crippen LogP contribution is 2.50. The molecule has 0 aromatic heterocycles. The van der Waals surface area contributed by atoms with Crippen molar-refractivity contribution in [3.8, 4) is 28.4 Å². The Morgan fingerprint density at radius 1 is 1.05 bits per heavy atom. The van der Waals surface area contributed by atoms with Crippen molar-refractivity contribution in [3.63, 3.8) is 0 Å². The number of carbonyl (C=O) groups is 2. The molecule has 2 amide bonds. The second-order valence-corrected chi connectivity index (χ2v) is 11.6. The van der Waals surface area contributed by atoms with Gasteiger partial charge in [-0.3, -0.25) is 19.3 Å². The van der Waals surface area contributed by atoms with Crippen LogP contribution in [0.4, 0.5) is 5.69 Å². The maximum atomic E-state index is 13.8. The van der Waals surface area contributed by atoms with Crippen molar-refractivity contribution in [1.82, 2.24) is 15.5 Å². The molecule has 1 aliphatic carbocycles. The summed E-state index contributed by atoms with van der Waals surface area (Å²) in [6, 6.07) is 6.38. The lowest BCUT2D eigenvalue weighted by atomic mass is 9.95. The summed E-state index contributed by atoms with van der Waals surface area (Å²) in [6.45, 7) is 10.1. The number of ether oxygens (including phenoxy) is 3. The van der Waals surface area contributed by atoms with E-state index in [1.54, 1.807) is 33.5 Å². The summed E-state index contributed by atoms with van der Waals surface area (Å²) in [4.78, 5) is 41.8. The number of amides is 2. The van der Waals surface area contributed by atoms with Crippen LogP contribution in [0.2, 0.25) is 0 Å². The Bertz CT molecular complexity index is 1390. The number of nitrogens with zero attached hydrogens (tertiary/aromatic N) is 1. The van der Waals surface area contributed by atoms with Gasteiger partial charge in [-0.25, -0.2) is 0 Å². The van der Waals surface area contributed by atoms with Gasteiger partial charge in [-0.2, -0.15) is 0 Å². The summed E-state index contributed by atoms with van der Waals surface area (Å²) in [5.41, 5.74) is 3.17. The van der Waals surface area contributed by atoms with Gasteiger partial charge in [0, 0.05) is 25.1 Å². The van der Waals surface area contributed by atoms with Crippen molar-refractivity contribution in [2.24, 2.45) is 5.92 Å². The van der Waals surface area contributed by atoms with E-state index in [2.05, 4.69) is 27.8 Å². The average molecular weight is 595 g/mol. The average Bonchev–Trinajstić information content (AvgIpc) is 3.32. The number of likely N-dealkylation sites (tertiary alicyclic amines) is 1. The molecule has 0 spiro atoms. The van der Waals surface area contributed by atoms with Crippen LogP contribution in [0.15, 0.2) is 29.1 Å². The molecule has 4 rings (SSSR count). The minimum absolute atomic E-state index is 0.0710. The Balaban J connectivity index is 1.77. The first-order valence-electron chi connectivity index (χ1n) is 15.2. The second-order valence-electron chi connectivity index (χ2n) is 11.6. The van der Waals surface area contributed by atoms with Gasteiger partial charge in [-0.15, -0.1) is 0 Å². The van der Waals surface area contributed by atoms with E-state index in [9.17, 15) is 14.4 Å². The molecule has 3 atom stereocenters. The molecule has 0 bridgehead atoms. The van der Waals surface area contributed by atoms with E-state index in [-0.39, 0.29) is 23.2 Å². The monoisotopic (exact) mass is 594 g/mol. The van der Waals surface area contributed by atoms with E-state index in [4.69, 9.17) is 14.2 Å². The quantitative estimate of drug-likeness (QED) is 0.359. The van der Waals surface area contributed by atoms with Gasteiger partial charge in [0.15, 0.2) is 11.5 Å². The van der Waals surface area contributed by atoms with Crippen LogP contribution in [0.5, 0.6) is 17.2 Å². The van der Waals surface area contributed by atoms with Gasteiger partial charge < -0.3 is 30.2 Å². The highest BCUT2D eigenvalue weighted by molar-refractivity contribution is 5.86.